The van der Waals surface area contributed by atoms with Gasteiger partial charge in [-0.3, -0.25) is 20.0 Å². The molecule has 5 N–H and O–H groups in total. The number of hydrogen-bond acceptors (Lipinski definition) is 9. The van der Waals surface area contributed by atoms with E-state index in [1.54, 1.807) is 6.92 Å². The lowest BCUT2D eigenvalue weighted by Gasteiger charge is -2.15. The van der Waals surface area contributed by atoms with Crippen LogP contribution in [0.4, 0.5) is 14.6 Å². The maximum Gasteiger partial charge on any atom is 0.280 e. The first kappa shape index (κ1) is 25.3. The largest absolute Gasteiger partial charge is 0.494 e. The molecule has 0 radical (unpaired) electrons. The van der Waals surface area contributed by atoms with Crippen molar-refractivity contribution in [3.8, 4) is 16.9 Å². The SMILES string of the molecule is COc1cnc(C(F)F)cc1-c1cc(NC(=O)/C=C(/C)C=N)ncc1C(=O)NC(=N)SC=N. The lowest BCUT2D eigenvalue weighted by Crippen LogP contribution is -2.28. The number of nitrogens with zero attached hydrogens (tertiary/aromatic N) is 2. The first-order valence-electron chi connectivity index (χ1n) is 9.07. The molecule has 2 rings (SSSR count). The summed E-state index contributed by atoms with van der Waals surface area (Å²) in [5.74, 6) is -1.29. The van der Waals surface area contributed by atoms with Crippen molar-refractivity contribution >= 4 is 46.3 Å². The van der Waals surface area contributed by atoms with Gasteiger partial charge in [0.05, 0.1) is 24.4 Å². The Morgan fingerprint density at radius 2 is 1.91 bits per heavy atom. The highest BCUT2D eigenvalue weighted by Gasteiger charge is 2.21. The number of anilines is 1. The highest BCUT2D eigenvalue weighted by atomic mass is 32.2. The van der Waals surface area contributed by atoms with E-state index < -0.39 is 23.9 Å². The van der Waals surface area contributed by atoms with Crippen LogP contribution in [0.5, 0.6) is 5.75 Å². The Kier molecular flexibility index (Phi) is 8.86. The zero-order valence-corrected chi connectivity index (χ0v) is 18.2. The van der Waals surface area contributed by atoms with Gasteiger partial charge in [0.15, 0.2) is 5.17 Å². The number of nitrogens with one attached hydrogen (secondary N) is 5. The Balaban J connectivity index is 2.63. The average molecular weight is 475 g/mol. The summed E-state index contributed by atoms with van der Waals surface area (Å²) in [7, 11) is 1.30. The van der Waals surface area contributed by atoms with E-state index in [1.807, 2.05) is 0 Å². The predicted molar refractivity (Wildman–Crippen MR) is 122 cm³/mol. The zero-order valence-electron chi connectivity index (χ0n) is 17.4. The normalized spacial score (nSPS) is 11.0. The lowest BCUT2D eigenvalue weighted by atomic mass is 10.00. The van der Waals surface area contributed by atoms with E-state index in [4.69, 9.17) is 21.0 Å². The lowest BCUT2D eigenvalue weighted by molar-refractivity contribution is -0.112. The predicted octanol–water partition coefficient (Wildman–Crippen LogP) is 3.63. The van der Waals surface area contributed by atoms with Crippen LogP contribution >= 0.6 is 11.8 Å². The Morgan fingerprint density at radius 3 is 2.52 bits per heavy atom. The van der Waals surface area contributed by atoms with Gasteiger partial charge in [-0.15, -0.1) is 0 Å². The second-order valence-electron chi connectivity index (χ2n) is 6.27. The molecular weight excluding hydrogens is 456 g/mol. The minimum absolute atomic E-state index is 0.00184. The third-order valence-corrected chi connectivity index (χ3v) is 4.47. The molecule has 2 aromatic rings. The average Bonchev–Trinajstić information content (AvgIpc) is 2.78. The number of rotatable bonds is 8. The summed E-state index contributed by atoms with van der Waals surface area (Å²) in [5.41, 5.74) is 0.742. The molecule has 33 heavy (non-hydrogen) atoms. The molecule has 0 aliphatic rings. The minimum Gasteiger partial charge on any atom is -0.494 e. The fourth-order valence-electron chi connectivity index (χ4n) is 2.55. The molecule has 0 spiro atoms. The van der Waals surface area contributed by atoms with E-state index in [1.165, 1.54) is 13.2 Å². The van der Waals surface area contributed by atoms with E-state index in [0.29, 0.717) is 17.3 Å². The molecule has 0 atom stereocenters. The summed E-state index contributed by atoms with van der Waals surface area (Å²) in [6, 6.07) is 2.35. The molecule has 10 nitrogen and oxygen atoms in total. The number of amidine groups is 1. The number of thioether (sulfide) groups is 1. The van der Waals surface area contributed by atoms with Crippen LogP contribution in [0, 0.1) is 16.2 Å². The first-order valence-corrected chi connectivity index (χ1v) is 9.95. The number of alkyl halides is 2. The van der Waals surface area contributed by atoms with Gasteiger partial charge in [0.2, 0.25) is 5.91 Å². The Labute approximate surface area is 191 Å². The maximum atomic E-state index is 13.3. The molecule has 13 heteroatoms. The molecule has 172 valence electrons. The van der Waals surface area contributed by atoms with Gasteiger partial charge in [-0.1, -0.05) is 0 Å². The van der Waals surface area contributed by atoms with Crippen molar-refractivity contribution in [3.05, 3.63) is 47.4 Å². The van der Waals surface area contributed by atoms with Gasteiger partial charge in [0, 0.05) is 29.6 Å². The number of carbonyl (C=O) groups excluding carboxylic acids is 2. The number of hydrogen-bond donors (Lipinski definition) is 5. The van der Waals surface area contributed by atoms with Crippen LogP contribution in [0.1, 0.15) is 29.4 Å². The van der Waals surface area contributed by atoms with Gasteiger partial charge in [0.25, 0.3) is 12.3 Å². The maximum absolute atomic E-state index is 13.3. The number of pyridine rings is 2. The molecule has 2 heterocycles. The van der Waals surface area contributed by atoms with Gasteiger partial charge >= 0.3 is 0 Å². The second kappa shape index (κ2) is 11.6. The van der Waals surface area contributed by atoms with Crippen LogP contribution in [0.2, 0.25) is 0 Å². The van der Waals surface area contributed by atoms with Gasteiger partial charge in [-0.05, 0) is 36.4 Å². The van der Waals surface area contributed by atoms with Crippen LogP contribution in [0.25, 0.3) is 11.1 Å². The molecule has 0 saturated heterocycles. The van der Waals surface area contributed by atoms with Gasteiger partial charge in [0.1, 0.15) is 17.3 Å². The van der Waals surface area contributed by atoms with E-state index in [9.17, 15) is 18.4 Å². The monoisotopic (exact) mass is 475 g/mol. The molecular formula is C20H19F2N7O3S. The highest BCUT2D eigenvalue weighted by molar-refractivity contribution is 8.24. The minimum atomic E-state index is -2.89. The van der Waals surface area contributed by atoms with Crippen LogP contribution in [0.3, 0.4) is 0 Å². The smallest absolute Gasteiger partial charge is 0.280 e. The Hall–Kier alpha value is -4.00. The summed E-state index contributed by atoms with van der Waals surface area (Å²) in [6.45, 7) is 1.55. The molecule has 0 aliphatic carbocycles. The zero-order chi connectivity index (χ0) is 24.5. The molecule has 0 aromatic carbocycles. The van der Waals surface area contributed by atoms with Crippen molar-refractivity contribution in [1.82, 2.24) is 15.3 Å². The number of ether oxygens (including phenoxy) is 1. The highest BCUT2D eigenvalue weighted by Crippen LogP contribution is 2.35. The number of allylic oxidation sites excluding steroid dienone is 1. The molecule has 2 aromatic heterocycles. The number of halogens is 2. The molecule has 2 amide bonds. The van der Waals surface area contributed by atoms with Gasteiger partial charge in [-0.25, -0.2) is 13.8 Å². The summed E-state index contributed by atoms with van der Waals surface area (Å²) in [5, 5.41) is 26.2. The summed E-state index contributed by atoms with van der Waals surface area (Å²) < 4.78 is 31.8. The van der Waals surface area contributed by atoms with Crippen LogP contribution in [-0.4, -0.2) is 45.8 Å². The number of aromatic nitrogens is 2. The van der Waals surface area contributed by atoms with Crippen LogP contribution in [-0.2, 0) is 4.79 Å². The van der Waals surface area contributed by atoms with Crippen molar-refractivity contribution in [2.75, 3.05) is 12.4 Å². The fraction of sp³-hybridized carbons (Fsp3) is 0.150. The quantitative estimate of drug-likeness (QED) is 0.222. The molecule has 0 saturated carbocycles. The van der Waals surface area contributed by atoms with E-state index in [-0.39, 0.29) is 33.4 Å². The topological polar surface area (TPSA) is 165 Å². The Bertz CT molecular complexity index is 1140. The van der Waals surface area contributed by atoms with Crippen molar-refractivity contribution in [2.45, 2.75) is 13.3 Å². The fourth-order valence-corrected chi connectivity index (χ4v) is 2.82. The summed E-state index contributed by atoms with van der Waals surface area (Å²) in [6.07, 6.45) is 1.45. The van der Waals surface area contributed by atoms with Crippen molar-refractivity contribution < 1.29 is 23.1 Å². The number of amides is 2. The molecule has 0 aliphatic heterocycles. The molecule has 0 bridgehead atoms. The third-order valence-electron chi connectivity index (χ3n) is 4.01. The number of carbonyl (C=O) groups is 2. The van der Waals surface area contributed by atoms with Crippen LogP contribution in [0.15, 0.2) is 36.2 Å². The van der Waals surface area contributed by atoms with E-state index >= 15 is 0 Å². The van der Waals surface area contributed by atoms with Crippen LogP contribution < -0.4 is 15.4 Å². The summed E-state index contributed by atoms with van der Waals surface area (Å²) in [4.78, 5) is 32.6. The molecule has 0 unspecified atom stereocenters. The van der Waals surface area contributed by atoms with Crippen molar-refractivity contribution in [1.29, 1.82) is 16.2 Å². The van der Waals surface area contributed by atoms with E-state index in [2.05, 4.69) is 20.6 Å². The number of methoxy groups -OCH3 is 1. The standard InChI is InChI=1S/C20H19F2N7O3S/c1-10(6-23)3-17(30)28-16-5-11(12-4-14(18(21)22)26-8-15(12)32-2)13(7-27-16)19(31)29-20(25)33-9-24/h3-9,18,23-24H,1-2H3,(H2,25,29,31)(H,27,28,30)/b10-3-,23-6?,24-9?. The van der Waals surface area contributed by atoms with Crippen molar-refractivity contribution in [3.63, 3.8) is 0 Å². The van der Waals surface area contributed by atoms with E-state index in [0.717, 1.165) is 36.3 Å². The van der Waals surface area contributed by atoms with Gasteiger partial charge < -0.3 is 26.2 Å². The molecule has 0 fully saturated rings. The Morgan fingerprint density at radius 1 is 1.18 bits per heavy atom. The second-order valence-corrected chi connectivity index (χ2v) is 7.15. The van der Waals surface area contributed by atoms with Gasteiger partial charge in [-0.2, -0.15) is 0 Å². The third kappa shape index (κ3) is 6.74. The van der Waals surface area contributed by atoms with Crippen molar-refractivity contribution in [2.24, 2.45) is 0 Å². The first-order chi connectivity index (χ1) is 15.7. The summed E-state index contributed by atoms with van der Waals surface area (Å²) >= 11 is 0.646.